The second-order valence-corrected chi connectivity index (χ2v) is 8.30. The fourth-order valence-electron chi connectivity index (χ4n) is 3.96. The molecule has 1 fully saturated rings. The molecule has 4 nitrogen and oxygen atoms in total. The van der Waals surface area contributed by atoms with Crippen molar-refractivity contribution in [3.8, 4) is 5.13 Å². The molecule has 0 radical (unpaired) electrons. The van der Waals surface area contributed by atoms with Crippen LogP contribution in [0.2, 0.25) is 0 Å². The highest BCUT2D eigenvalue weighted by atomic mass is 32.1. The molecule has 4 rings (SSSR count). The normalized spacial score (nSPS) is 18.2. The van der Waals surface area contributed by atoms with Crippen LogP contribution in [0.4, 0.5) is 0 Å². The van der Waals surface area contributed by atoms with Crippen LogP contribution in [0.15, 0.2) is 60.2 Å². The first kappa shape index (κ1) is 18.4. The highest BCUT2D eigenvalue weighted by molar-refractivity contribution is 7.12. The van der Waals surface area contributed by atoms with Gasteiger partial charge in [-0.2, -0.15) is 0 Å². The molecule has 0 spiro atoms. The molecule has 1 aliphatic heterocycles. The largest absolute Gasteiger partial charge is 0.302 e. The van der Waals surface area contributed by atoms with Crippen molar-refractivity contribution >= 4 is 11.3 Å². The molecule has 0 saturated carbocycles. The van der Waals surface area contributed by atoms with Gasteiger partial charge < -0.3 is 4.90 Å². The smallest absolute Gasteiger partial charge is 0.193 e. The second kappa shape index (κ2) is 8.83. The average Bonchev–Trinajstić information content (AvgIpc) is 3.39. The Morgan fingerprint density at radius 2 is 2.07 bits per heavy atom. The number of hydrogen-bond acceptors (Lipinski definition) is 4. The first-order valence-corrected chi connectivity index (χ1v) is 10.7. The summed E-state index contributed by atoms with van der Waals surface area (Å²) in [5.74, 6) is 0. The number of piperidine rings is 1. The van der Waals surface area contributed by atoms with Crippen molar-refractivity contribution in [1.82, 2.24) is 19.4 Å². The zero-order chi connectivity index (χ0) is 18.5. The highest BCUT2D eigenvalue weighted by Gasteiger charge is 2.23. The molecule has 1 atom stereocenters. The molecule has 1 aliphatic rings. The highest BCUT2D eigenvalue weighted by Crippen LogP contribution is 2.20. The Kier molecular flexibility index (Phi) is 6.02. The van der Waals surface area contributed by atoms with Gasteiger partial charge in [0.1, 0.15) is 0 Å². The molecule has 0 bridgehead atoms. The number of benzene rings is 1. The zero-order valence-electron chi connectivity index (χ0n) is 16.0. The van der Waals surface area contributed by atoms with Gasteiger partial charge in [-0.3, -0.25) is 9.47 Å². The Balaban J connectivity index is 1.34. The van der Waals surface area contributed by atoms with Crippen molar-refractivity contribution in [2.45, 2.75) is 31.8 Å². The molecule has 1 aromatic carbocycles. The van der Waals surface area contributed by atoms with E-state index < -0.39 is 0 Å². The minimum Gasteiger partial charge on any atom is -0.302 e. The Bertz CT molecular complexity index is 812. The van der Waals surface area contributed by atoms with E-state index in [1.165, 1.54) is 30.6 Å². The number of likely N-dealkylation sites (N-methyl/N-ethyl adjacent to an activating group) is 1. The molecule has 3 aromatic rings. The number of rotatable bonds is 7. The minimum absolute atomic E-state index is 0.644. The number of likely N-dealkylation sites (tertiary alicyclic amines) is 1. The summed E-state index contributed by atoms with van der Waals surface area (Å²) in [6.45, 7) is 4.45. The summed E-state index contributed by atoms with van der Waals surface area (Å²) in [7, 11) is 2.29. The molecule has 2 aromatic heterocycles. The molecule has 5 heteroatoms. The van der Waals surface area contributed by atoms with Crippen LogP contribution in [0, 0.1) is 0 Å². The van der Waals surface area contributed by atoms with Gasteiger partial charge in [-0.25, -0.2) is 4.98 Å². The third-order valence-corrected chi connectivity index (χ3v) is 6.31. The van der Waals surface area contributed by atoms with Crippen LogP contribution < -0.4 is 0 Å². The lowest BCUT2D eigenvalue weighted by Gasteiger charge is -2.37. The number of thiazole rings is 1. The number of aromatic nitrogens is 2. The molecule has 0 N–H and O–H groups in total. The van der Waals surface area contributed by atoms with Gasteiger partial charge in [-0.1, -0.05) is 30.3 Å². The third kappa shape index (κ3) is 4.67. The van der Waals surface area contributed by atoms with E-state index in [4.69, 9.17) is 0 Å². The molecule has 1 saturated heterocycles. The second-order valence-electron chi connectivity index (χ2n) is 7.43. The van der Waals surface area contributed by atoms with Crippen LogP contribution in [-0.4, -0.2) is 52.1 Å². The van der Waals surface area contributed by atoms with Crippen LogP contribution in [0.3, 0.4) is 0 Å². The molecule has 0 amide bonds. The topological polar surface area (TPSA) is 24.3 Å². The summed E-state index contributed by atoms with van der Waals surface area (Å²) in [5.41, 5.74) is 2.76. The molecule has 1 unspecified atom stereocenters. The Labute approximate surface area is 166 Å². The van der Waals surface area contributed by atoms with E-state index >= 15 is 0 Å². The van der Waals surface area contributed by atoms with Crippen LogP contribution in [0.1, 0.15) is 24.1 Å². The maximum absolute atomic E-state index is 4.46. The van der Waals surface area contributed by atoms with Crippen molar-refractivity contribution in [1.29, 1.82) is 0 Å². The lowest BCUT2D eigenvalue weighted by atomic mass is 10.0. The fraction of sp³-hybridized carbons (Fsp3) is 0.409. The molecular weight excluding hydrogens is 352 g/mol. The maximum atomic E-state index is 4.46. The average molecular weight is 381 g/mol. The van der Waals surface area contributed by atoms with Crippen molar-refractivity contribution < 1.29 is 0 Å². The Morgan fingerprint density at radius 1 is 1.19 bits per heavy atom. The molecular formula is C22H28N4S. The van der Waals surface area contributed by atoms with Gasteiger partial charge in [0.25, 0.3) is 0 Å². The van der Waals surface area contributed by atoms with E-state index in [-0.39, 0.29) is 0 Å². The molecule has 0 aliphatic carbocycles. The number of nitrogens with zero attached hydrogens (tertiary/aromatic N) is 4. The maximum Gasteiger partial charge on any atom is 0.193 e. The summed E-state index contributed by atoms with van der Waals surface area (Å²) >= 11 is 1.69. The van der Waals surface area contributed by atoms with E-state index in [2.05, 4.69) is 75.1 Å². The zero-order valence-corrected chi connectivity index (χ0v) is 16.8. The van der Waals surface area contributed by atoms with Crippen LogP contribution >= 0.6 is 11.3 Å². The van der Waals surface area contributed by atoms with E-state index in [0.717, 1.165) is 31.2 Å². The van der Waals surface area contributed by atoms with Crippen molar-refractivity contribution in [2.24, 2.45) is 0 Å². The Morgan fingerprint density at radius 3 is 2.89 bits per heavy atom. The fourth-order valence-corrected chi connectivity index (χ4v) is 4.62. The molecule has 27 heavy (non-hydrogen) atoms. The summed E-state index contributed by atoms with van der Waals surface area (Å²) < 4.78 is 2.23. The van der Waals surface area contributed by atoms with E-state index in [1.807, 2.05) is 11.6 Å². The Hall–Kier alpha value is -1.95. The van der Waals surface area contributed by atoms with Gasteiger partial charge in [0.15, 0.2) is 5.13 Å². The quantitative estimate of drug-likeness (QED) is 0.617. The summed E-state index contributed by atoms with van der Waals surface area (Å²) in [5, 5.41) is 3.10. The molecule has 142 valence electrons. The van der Waals surface area contributed by atoms with Gasteiger partial charge in [-0.05, 0) is 50.6 Å². The summed E-state index contributed by atoms with van der Waals surface area (Å²) in [6, 6.07) is 15.8. The SMILES string of the molecule is CN(CCc1ccccc1)C1CCCN(Cc2cccn2-c2nccs2)C1. The van der Waals surface area contributed by atoms with Gasteiger partial charge in [0.2, 0.25) is 0 Å². The van der Waals surface area contributed by atoms with E-state index in [0.29, 0.717) is 6.04 Å². The monoisotopic (exact) mass is 380 g/mol. The lowest BCUT2D eigenvalue weighted by molar-refractivity contribution is 0.111. The first-order valence-electron chi connectivity index (χ1n) is 9.82. The predicted molar refractivity (Wildman–Crippen MR) is 113 cm³/mol. The van der Waals surface area contributed by atoms with Gasteiger partial charge in [0.05, 0.1) is 0 Å². The minimum atomic E-state index is 0.644. The van der Waals surface area contributed by atoms with Crippen LogP contribution in [0.25, 0.3) is 5.13 Å². The van der Waals surface area contributed by atoms with E-state index in [9.17, 15) is 0 Å². The van der Waals surface area contributed by atoms with Gasteiger partial charge in [0, 0.05) is 49.1 Å². The number of hydrogen-bond donors (Lipinski definition) is 0. The van der Waals surface area contributed by atoms with Gasteiger partial charge >= 0.3 is 0 Å². The van der Waals surface area contributed by atoms with Gasteiger partial charge in [-0.15, -0.1) is 11.3 Å². The first-order chi connectivity index (χ1) is 13.3. The molecule has 3 heterocycles. The van der Waals surface area contributed by atoms with Crippen molar-refractivity contribution in [3.63, 3.8) is 0 Å². The van der Waals surface area contributed by atoms with Crippen molar-refractivity contribution in [2.75, 3.05) is 26.7 Å². The van der Waals surface area contributed by atoms with Crippen LogP contribution in [-0.2, 0) is 13.0 Å². The third-order valence-electron chi connectivity index (χ3n) is 5.54. The van der Waals surface area contributed by atoms with Crippen molar-refractivity contribution in [3.05, 3.63) is 71.5 Å². The summed E-state index contributed by atoms with van der Waals surface area (Å²) in [6.07, 6.45) is 7.71. The predicted octanol–water partition coefficient (Wildman–Crippen LogP) is 4.07. The van der Waals surface area contributed by atoms with E-state index in [1.54, 1.807) is 11.3 Å². The van der Waals surface area contributed by atoms with Crippen LogP contribution in [0.5, 0.6) is 0 Å². The lowest BCUT2D eigenvalue weighted by Crippen LogP contribution is -2.46. The standard InChI is InChI=1S/C22H28N4S/c1-24(15-11-19-7-3-2-4-8-19)20-9-5-13-25(17-20)18-21-10-6-14-26(21)22-23-12-16-27-22/h2-4,6-8,10,12,14,16,20H,5,9,11,13,15,17-18H2,1H3. The summed E-state index contributed by atoms with van der Waals surface area (Å²) in [4.78, 5) is 9.62.